The van der Waals surface area contributed by atoms with Crippen LogP contribution in [-0.4, -0.2) is 11.3 Å². The van der Waals surface area contributed by atoms with E-state index >= 15 is 0 Å². The molecule has 30 valence electrons. The van der Waals surface area contributed by atoms with Crippen LogP contribution in [0.25, 0.3) is 0 Å². The largest absolute Gasteiger partial charge is 0.556 e. The lowest BCUT2D eigenvalue weighted by molar-refractivity contribution is -0.657. The summed E-state index contributed by atoms with van der Waals surface area (Å²) >= 11 is 0. The van der Waals surface area contributed by atoms with Crippen molar-refractivity contribution >= 4 is 6.16 Å². The Bertz CT molecular complexity index is 42.2. The van der Waals surface area contributed by atoms with Gasteiger partial charge in [-0.2, -0.15) is 10.7 Å². The van der Waals surface area contributed by atoms with Gasteiger partial charge in [-0.25, -0.2) is 4.84 Å². The van der Waals surface area contributed by atoms with E-state index < -0.39 is 6.16 Å². The molecule has 0 saturated heterocycles. The van der Waals surface area contributed by atoms with Gasteiger partial charge in [0.1, 0.15) is 0 Å². The van der Waals surface area contributed by atoms with E-state index in [-0.39, 0.29) is 0 Å². The third-order valence-electron chi connectivity index (χ3n) is 0.123. The zero-order chi connectivity index (χ0) is 4.28. The first-order chi connectivity index (χ1) is 2.27. The summed E-state index contributed by atoms with van der Waals surface area (Å²) in [5.74, 6) is 2.59. The number of rotatable bonds is 0. The Kier molecular flexibility index (Phi) is 1.30. The maximum atomic E-state index is 9.08. The van der Waals surface area contributed by atoms with Gasteiger partial charge >= 0.3 is 6.16 Å². The Hall–Kier alpha value is -0.770. The SMILES string of the molecule is [NH3+]OC(=O)O. The van der Waals surface area contributed by atoms with E-state index in [0.29, 0.717) is 0 Å². The third kappa shape index (κ3) is 3.23. The van der Waals surface area contributed by atoms with E-state index in [1.165, 1.54) is 0 Å². The molecule has 0 spiro atoms. The Labute approximate surface area is 28.1 Å². The van der Waals surface area contributed by atoms with Gasteiger partial charge < -0.3 is 5.11 Å². The normalized spacial score (nSPS) is 6.60. The van der Waals surface area contributed by atoms with Gasteiger partial charge in [0.2, 0.25) is 0 Å². The summed E-state index contributed by atoms with van der Waals surface area (Å²) in [6.07, 6.45) is -1.36. The Morgan fingerprint density at radius 1 is 2.00 bits per heavy atom. The molecular formula is CH4NO3+. The Morgan fingerprint density at radius 3 is 2.20 bits per heavy atom. The molecule has 0 atom stereocenters. The predicted octanol–water partition coefficient (Wildman–Crippen LogP) is -1.16. The standard InChI is InChI=1S/CH3NO3/c2-5-1(3)4/h2H3/p+1. The molecule has 4 heteroatoms. The fraction of sp³-hybridized carbons (Fsp3) is 0. The lowest BCUT2D eigenvalue weighted by Gasteiger charge is -1.73. The molecule has 0 aromatic rings. The van der Waals surface area contributed by atoms with E-state index in [1.807, 2.05) is 0 Å². The van der Waals surface area contributed by atoms with Crippen LogP contribution in [0.3, 0.4) is 0 Å². The molecule has 4 N–H and O–H groups in total. The minimum absolute atomic E-state index is 1.36. The van der Waals surface area contributed by atoms with Crippen molar-refractivity contribution in [3.8, 4) is 0 Å². The van der Waals surface area contributed by atoms with Gasteiger partial charge in [0.05, 0.1) is 0 Å². The summed E-state index contributed by atoms with van der Waals surface area (Å²) in [7, 11) is 0. The van der Waals surface area contributed by atoms with Crippen molar-refractivity contribution in [2.75, 3.05) is 0 Å². The van der Waals surface area contributed by atoms with Gasteiger partial charge in [-0.1, -0.05) is 0 Å². The fourth-order valence-corrected chi connectivity index (χ4v) is 0. The molecule has 0 fully saturated rings. The quantitative estimate of drug-likeness (QED) is 0.359. The van der Waals surface area contributed by atoms with Crippen LogP contribution in [0.15, 0.2) is 0 Å². The zero-order valence-electron chi connectivity index (χ0n) is 2.47. The summed E-state index contributed by atoms with van der Waals surface area (Å²) < 4.78 is 0. The highest BCUT2D eigenvalue weighted by atomic mass is 16.7. The van der Waals surface area contributed by atoms with Crippen molar-refractivity contribution in [3.63, 3.8) is 0 Å². The van der Waals surface area contributed by atoms with Crippen LogP contribution in [0.4, 0.5) is 4.79 Å². The average molecular weight is 78.0 g/mol. The number of hydrogen-bond donors (Lipinski definition) is 2. The zero-order valence-corrected chi connectivity index (χ0v) is 2.47. The summed E-state index contributed by atoms with van der Waals surface area (Å²) in [5.41, 5.74) is 0. The van der Waals surface area contributed by atoms with E-state index in [4.69, 9.17) is 9.90 Å². The lowest BCUT2D eigenvalue weighted by atomic mass is 11.4. The molecule has 0 aliphatic carbocycles. The van der Waals surface area contributed by atoms with Crippen LogP contribution in [0.2, 0.25) is 0 Å². The smallest absolute Gasteiger partial charge is 0.446 e. The van der Waals surface area contributed by atoms with Gasteiger partial charge in [-0.3, -0.25) is 0 Å². The molecule has 0 amide bonds. The Morgan fingerprint density at radius 2 is 2.20 bits per heavy atom. The molecule has 0 aromatic heterocycles. The van der Waals surface area contributed by atoms with Gasteiger partial charge in [0.25, 0.3) is 0 Å². The van der Waals surface area contributed by atoms with E-state index in [2.05, 4.69) is 10.7 Å². The molecule has 0 aliphatic heterocycles. The molecule has 0 aromatic carbocycles. The van der Waals surface area contributed by atoms with Crippen molar-refractivity contribution in [2.24, 2.45) is 0 Å². The maximum Gasteiger partial charge on any atom is 0.556 e. The van der Waals surface area contributed by atoms with Gasteiger partial charge in [-0.05, 0) is 0 Å². The minimum Gasteiger partial charge on any atom is -0.446 e. The third-order valence-corrected chi connectivity index (χ3v) is 0.123. The molecule has 5 heavy (non-hydrogen) atoms. The fourth-order valence-electron chi connectivity index (χ4n) is 0. The first-order valence-corrected chi connectivity index (χ1v) is 0.921. The average Bonchev–Trinajstić information content (AvgIpc) is 1.38. The number of carbonyl (C=O) groups is 1. The van der Waals surface area contributed by atoms with E-state index in [0.717, 1.165) is 0 Å². The Balaban J connectivity index is 2.85. The van der Waals surface area contributed by atoms with Crippen LogP contribution < -0.4 is 5.90 Å². The number of hydrogen-bond acceptors (Lipinski definition) is 2. The molecule has 0 radical (unpaired) electrons. The van der Waals surface area contributed by atoms with Crippen LogP contribution in [0, 0.1) is 0 Å². The molecule has 0 bridgehead atoms. The predicted molar refractivity (Wildman–Crippen MR) is 12.0 cm³/mol. The highest BCUT2D eigenvalue weighted by Crippen LogP contribution is 1.52. The van der Waals surface area contributed by atoms with Crippen molar-refractivity contribution in [1.82, 2.24) is 0 Å². The van der Waals surface area contributed by atoms with Crippen LogP contribution in [-0.2, 0) is 4.84 Å². The van der Waals surface area contributed by atoms with Crippen molar-refractivity contribution in [2.45, 2.75) is 0 Å². The van der Waals surface area contributed by atoms with Gasteiger partial charge in [-0.15, -0.1) is 0 Å². The van der Waals surface area contributed by atoms with Gasteiger partial charge in [0, 0.05) is 0 Å². The summed E-state index contributed by atoms with van der Waals surface area (Å²) in [5, 5.41) is 7.44. The lowest BCUT2D eigenvalue weighted by Crippen LogP contribution is -2.50. The second-order valence-corrected chi connectivity index (χ2v) is 0.410. The molecule has 0 unspecified atom stereocenters. The van der Waals surface area contributed by atoms with Crippen molar-refractivity contribution < 1.29 is 20.6 Å². The molecular weight excluding hydrogens is 74.0 g/mol. The van der Waals surface area contributed by atoms with Crippen molar-refractivity contribution in [1.29, 1.82) is 0 Å². The first-order valence-electron chi connectivity index (χ1n) is 0.921. The monoisotopic (exact) mass is 78.0 g/mol. The molecule has 0 rings (SSSR count). The molecule has 0 saturated carbocycles. The second kappa shape index (κ2) is 1.54. The van der Waals surface area contributed by atoms with E-state index in [9.17, 15) is 0 Å². The summed E-state index contributed by atoms with van der Waals surface area (Å²) in [4.78, 5) is 12.5. The number of quaternary nitrogens is 1. The second-order valence-electron chi connectivity index (χ2n) is 0.410. The molecule has 0 heterocycles. The van der Waals surface area contributed by atoms with Gasteiger partial charge in [0.15, 0.2) is 0 Å². The summed E-state index contributed by atoms with van der Waals surface area (Å²) in [6, 6.07) is 0. The molecule has 4 nitrogen and oxygen atoms in total. The maximum absolute atomic E-state index is 9.08. The van der Waals surface area contributed by atoms with Crippen LogP contribution >= 0.6 is 0 Å². The highest BCUT2D eigenvalue weighted by molar-refractivity contribution is 5.55. The van der Waals surface area contributed by atoms with Crippen molar-refractivity contribution in [3.05, 3.63) is 0 Å². The first kappa shape index (κ1) is 4.23. The van der Waals surface area contributed by atoms with E-state index in [1.54, 1.807) is 0 Å². The van der Waals surface area contributed by atoms with Crippen LogP contribution in [0.5, 0.6) is 0 Å². The topological polar surface area (TPSA) is 74.2 Å². The molecule has 0 aliphatic rings. The highest BCUT2D eigenvalue weighted by Gasteiger charge is 1.86. The van der Waals surface area contributed by atoms with Crippen LogP contribution in [0.1, 0.15) is 0 Å². The minimum atomic E-state index is -1.36. The summed E-state index contributed by atoms with van der Waals surface area (Å²) in [6.45, 7) is 0. The number of carboxylic acid groups (broad SMARTS) is 1.